The average Bonchev–Trinajstić information content (AvgIpc) is 3.11. The summed E-state index contributed by atoms with van der Waals surface area (Å²) < 4.78 is 0. The van der Waals surface area contributed by atoms with E-state index in [1.807, 2.05) is 0 Å². The molecule has 0 radical (unpaired) electrons. The summed E-state index contributed by atoms with van der Waals surface area (Å²) in [7, 11) is 0. The molecule has 4 aliphatic carbocycles. The minimum atomic E-state index is 0.633. The molecule has 4 aliphatic rings. The van der Waals surface area contributed by atoms with Crippen molar-refractivity contribution in [1.29, 1.82) is 0 Å². The van der Waals surface area contributed by atoms with E-state index in [4.69, 9.17) is 0 Å². The molecular weight excluding hydrogens is 252 g/mol. The first-order valence-electron chi connectivity index (χ1n) is 10.2. The Hall–Kier alpha value is 0. The molecule has 0 heteroatoms. The molecular formula is C21H36. The molecule has 0 spiro atoms. The fourth-order valence-electron chi connectivity index (χ4n) is 7.30. The highest BCUT2D eigenvalue weighted by Crippen LogP contribution is 2.59. The van der Waals surface area contributed by atoms with Crippen LogP contribution >= 0.6 is 0 Å². The summed E-state index contributed by atoms with van der Waals surface area (Å²) >= 11 is 0. The van der Waals surface area contributed by atoms with Crippen LogP contribution in [0.3, 0.4) is 0 Å². The number of fused-ring (bicyclic) bond motifs is 2. The van der Waals surface area contributed by atoms with Crippen molar-refractivity contribution in [3.8, 4) is 0 Å². The van der Waals surface area contributed by atoms with Crippen molar-refractivity contribution in [2.24, 2.45) is 40.9 Å². The van der Waals surface area contributed by atoms with Gasteiger partial charge < -0.3 is 0 Å². The van der Waals surface area contributed by atoms with E-state index >= 15 is 0 Å². The van der Waals surface area contributed by atoms with Crippen LogP contribution in [0.5, 0.6) is 0 Å². The van der Waals surface area contributed by atoms with Gasteiger partial charge in [-0.25, -0.2) is 0 Å². The third-order valence-electron chi connectivity index (χ3n) is 8.58. The monoisotopic (exact) mass is 288 g/mol. The topological polar surface area (TPSA) is 0 Å². The molecule has 0 N–H and O–H groups in total. The van der Waals surface area contributed by atoms with Crippen molar-refractivity contribution >= 4 is 0 Å². The van der Waals surface area contributed by atoms with Gasteiger partial charge in [0, 0.05) is 0 Å². The second-order valence-corrected chi connectivity index (χ2v) is 9.69. The quantitative estimate of drug-likeness (QED) is 0.548. The maximum Gasteiger partial charge on any atom is -0.0295 e. The van der Waals surface area contributed by atoms with Crippen LogP contribution in [-0.4, -0.2) is 0 Å². The number of hydrogen-bond acceptors (Lipinski definition) is 0. The van der Waals surface area contributed by atoms with Crippen molar-refractivity contribution in [1.82, 2.24) is 0 Å². The molecule has 120 valence electrons. The Balaban J connectivity index is 1.48. The molecule has 4 fully saturated rings. The maximum absolute atomic E-state index is 2.68. The second-order valence-electron chi connectivity index (χ2n) is 9.69. The predicted molar refractivity (Wildman–Crippen MR) is 90.1 cm³/mol. The minimum absolute atomic E-state index is 0.633. The van der Waals surface area contributed by atoms with Crippen LogP contribution in [0.4, 0.5) is 0 Å². The van der Waals surface area contributed by atoms with E-state index in [1.165, 1.54) is 25.7 Å². The molecule has 0 heterocycles. The zero-order chi connectivity index (χ0) is 14.4. The van der Waals surface area contributed by atoms with Crippen molar-refractivity contribution in [2.75, 3.05) is 0 Å². The molecule has 0 saturated heterocycles. The first-order chi connectivity index (χ1) is 10.2. The number of rotatable bonds is 2. The normalized spacial score (nSPS) is 47.1. The van der Waals surface area contributed by atoms with E-state index in [9.17, 15) is 0 Å². The first kappa shape index (κ1) is 14.6. The largest absolute Gasteiger partial charge is 0.0594 e. The Bertz CT molecular complexity index is 354. The third-order valence-corrected chi connectivity index (χ3v) is 8.58. The van der Waals surface area contributed by atoms with E-state index in [-0.39, 0.29) is 0 Å². The Morgan fingerprint density at radius 3 is 1.86 bits per heavy atom. The fourth-order valence-corrected chi connectivity index (χ4v) is 7.30. The highest BCUT2D eigenvalue weighted by atomic mass is 14.6. The van der Waals surface area contributed by atoms with Gasteiger partial charge in [-0.15, -0.1) is 0 Å². The van der Waals surface area contributed by atoms with Gasteiger partial charge in [-0.3, -0.25) is 0 Å². The van der Waals surface area contributed by atoms with E-state index in [0.29, 0.717) is 5.41 Å². The van der Waals surface area contributed by atoms with Crippen molar-refractivity contribution in [3.63, 3.8) is 0 Å². The van der Waals surface area contributed by atoms with Gasteiger partial charge in [-0.05, 0) is 73.0 Å². The first-order valence-corrected chi connectivity index (χ1v) is 10.2. The summed E-state index contributed by atoms with van der Waals surface area (Å²) in [6.45, 7) is 5.35. The van der Waals surface area contributed by atoms with Crippen LogP contribution in [-0.2, 0) is 0 Å². The molecule has 5 unspecified atom stereocenters. The van der Waals surface area contributed by atoms with Crippen LogP contribution in [0.1, 0.15) is 90.9 Å². The summed E-state index contributed by atoms with van der Waals surface area (Å²) in [5.41, 5.74) is 0.633. The zero-order valence-electron chi connectivity index (χ0n) is 14.4. The van der Waals surface area contributed by atoms with E-state index in [0.717, 1.165) is 35.5 Å². The van der Waals surface area contributed by atoms with Crippen molar-refractivity contribution in [2.45, 2.75) is 90.9 Å². The van der Waals surface area contributed by atoms with Crippen LogP contribution < -0.4 is 0 Å². The highest BCUT2D eigenvalue weighted by molar-refractivity contribution is 5.00. The predicted octanol–water partition coefficient (Wildman–Crippen LogP) is 6.45. The summed E-state index contributed by atoms with van der Waals surface area (Å²) in [4.78, 5) is 0. The SMILES string of the molecule is CC(C)(C1CC2CCCCC2C1)C1CCC2CCCCC21. The molecule has 0 aromatic carbocycles. The van der Waals surface area contributed by atoms with Gasteiger partial charge in [-0.1, -0.05) is 58.8 Å². The van der Waals surface area contributed by atoms with Crippen LogP contribution in [0.2, 0.25) is 0 Å². The van der Waals surface area contributed by atoms with Gasteiger partial charge in [0.2, 0.25) is 0 Å². The van der Waals surface area contributed by atoms with Crippen molar-refractivity contribution in [3.05, 3.63) is 0 Å². The van der Waals surface area contributed by atoms with E-state index in [2.05, 4.69) is 13.8 Å². The van der Waals surface area contributed by atoms with Gasteiger partial charge in [0.15, 0.2) is 0 Å². The molecule has 0 amide bonds. The minimum Gasteiger partial charge on any atom is -0.0594 e. The van der Waals surface area contributed by atoms with Crippen LogP contribution in [0.15, 0.2) is 0 Å². The Kier molecular flexibility index (Phi) is 3.87. The average molecular weight is 289 g/mol. The lowest BCUT2D eigenvalue weighted by Gasteiger charge is -2.43. The van der Waals surface area contributed by atoms with Gasteiger partial charge in [0.1, 0.15) is 0 Å². The molecule has 0 nitrogen and oxygen atoms in total. The van der Waals surface area contributed by atoms with Gasteiger partial charge in [-0.2, -0.15) is 0 Å². The van der Waals surface area contributed by atoms with E-state index in [1.54, 1.807) is 51.4 Å². The lowest BCUT2D eigenvalue weighted by molar-refractivity contribution is 0.0596. The maximum atomic E-state index is 2.68. The lowest BCUT2D eigenvalue weighted by atomic mass is 9.62. The molecule has 0 aromatic rings. The highest BCUT2D eigenvalue weighted by Gasteiger charge is 2.50. The molecule has 21 heavy (non-hydrogen) atoms. The Labute approximate surface area is 132 Å². The van der Waals surface area contributed by atoms with E-state index < -0.39 is 0 Å². The summed E-state index contributed by atoms with van der Waals surface area (Å²) in [6, 6.07) is 0. The van der Waals surface area contributed by atoms with Gasteiger partial charge in [0.25, 0.3) is 0 Å². The summed E-state index contributed by atoms with van der Waals surface area (Å²) in [5, 5.41) is 0. The zero-order valence-corrected chi connectivity index (χ0v) is 14.4. The molecule has 4 rings (SSSR count). The van der Waals surface area contributed by atoms with Gasteiger partial charge >= 0.3 is 0 Å². The van der Waals surface area contributed by atoms with Crippen molar-refractivity contribution < 1.29 is 0 Å². The second kappa shape index (κ2) is 5.57. The standard InChI is InChI=1S/C21H36/c1-21(2,18-13-16-8-3-4-9-17(16)14-18)20-12-11-15-7-5-6-10-19(15)20/h15-20H,3-14H2,1-2H3. The Morgan fingerprint density at radius 2 is 1.19 bits per heavy atom. The fraction of sp³-hybridized carbons (Fsp3) is 1.00. The van der Waals surface area contributed by atoms with Crippen LogP contribution in [0, 0.1) is 40.9 Å². The molecule has 5 atom stereocenters. The van der Waals surface area contributed by atoms with Crippen LogP contribution in [0.25, 0.3) is 0 Å². The molecule has 0 aliphatic heterocycles. The number of hydrogen-bond donors (Lipinski definition) is 0. The summed E-state index contributed by atoms with van der Waals surface area (Å²) in [5.74, 6) is 6.57. The molecule has 4 saturated carbocycles. The lowest BCUT2D eigenvalue weighted by Crippen LogP contribution is -2.36. The summed E-state index contributed by atoms with van der Waals surface area (Å²) in [6.07, 6.45) is 18.7. The molecule has 0 bridgehead atoms. The smallest absolute Gasteiger partial charge is 0.0295 e. The Morgan fingerprint density at radius 1 is 0.619 bits per heavy atom. The molecule has 0 aromatic heterocycles. The third kappa shape index (κ3) is 2.49. The van der Waals surface area contributed by atoms with Gasteiger partial charge in [0.05, 0.1) is 0 Å².